The molecule has 0 amide bonds. The molecule has 0 aliphatic carbocycles. The fraction of sp³-hybridized carbons (Fsp3) is 0.517. The zero-order valence-electron chi connectivity index (χ0n) is 22.9. The van der Waals surface area contributed by atoms with Gasteiger partial charge in [0, 0.05) is 70.7 Å². The summed E-state index contributed by atoms with van der Waals surface area (Å²) in [5.74, 6) is -2.00. The van der Waals surface area contributed by atoms with E-state index < -0.39 is 5.92 Å². The number of alkyl halides is 2. The molecule has 4 heterocycles. The van der Waals surface area contributed by atoms with Gasteiger partial charge in [0.25, 0.3) is 5.92 Å². The number of aromatic nitrogens is 3. The van der Waals surface area contributed by atoms with Crippen LogP contribution in [-0.4, -0.2) is 68.5 Å². The van der Waals surface area contributed by atoms with Gasteiger partial charge in [0.1, 0.15) is 17.3 Å². The Morgan fingerprint density at radius 3 is 2.41 bits per heavy atom. The lowest BCUT2D eigenvalue weighted by atomic mass is 9.99. The van der Waals surface area contributed by atoms with Gasteiger partial charge in [-0.05, 0) is 44.0 Å². The molecule has 0 saturated carbocycles. The maximum atomic E-state index is 13.5. The molecule has 0 N–H and O–H groups in total. The van der Waals surface area contributed by atoms with E-state index in [2.05, 4.69) is 75.8 Å². The van der Waals surface area contributed by atoms with Crippen LogP contribution in [0.4, 0.5) is 14.6 Å². The number of piperazine rings is 1. The summed E-state index contributed by atoms with van der Waals surface area (Å²) in [5, 5.41) is 9.39. The second kappa shape index (κ2) is 10.6. The van der Waals surface area contributed by atoms with Crippen LogP contribution in [0.2, 0.25) is 0 Å². The van der Waals surface area contributed by atoms with Crippen LogP contribution in [0.1, 0.15) is 56.5 Å². The zero-order valence-corrected chi connectivity index (χ0v) is 22.9. The molecule has 10 heteroatoms. The molecule has 1 aromatic carbocycles. The smallest absolute Gasteiger partial charge is 0.349 e. The van der Waals surface area contributed by atoms with Crippen LogP contribution >= 0.6 is 0 Å². The van der Waals surface area contributed by atoms with Gasteiger partial charge in [0.05, 0.1) is 5.52 Å². The molecule has 2 aliphatic heterocycles. The highest BCUT2D eigenvalue weighted by molar-refractivity contribution is 5.86. The molecule has 1 unspecified atom stereocenters. The average molecular weight is 536 g/mol. The molecule has 3 aromatic rings. The van der Waals surface area contributed by atoms with Crippen molar-refractivity contribution >= 4 is 16.9 Å². The minimum Gasteiger partial charge on any atom is -0.349 e. The number of hydrogen-bond donors (Lipinski definition) is 0. The Kier molecular flexibility index (Phi) is 7.40. The van der Waals surface area contributed by atoms with Crippen LogP contribution in [0.5, 0.6) is 0 Å². The maximum Gasteiger partial charge on any atom is 0.349 e. The highest BCUT2D eigenvalue weighted by Gasteiger charge is 2.35. The molecule has 2 aliphatic rings. The Labute approximate surface area is 227 Å². The molecule has 8 nitrogen and oxygen atoms in total. The van der Waals surface area contributed by atoms with E-state index in [1.54, 1.807) is 19.2 Å². The van der Waals surface area contributed by atoms with Gasteiger partial charge < -0.3 is 4.90 Å². The normalized spacial score (nSPS) is 23.1. The molecular weight excluding hydrogens is 500 g/mol. The largest absolute Gasteiger partial charge is 0.349 e. The van der Waals surface area contributed by atoms with Crippen LogP contribution in [0.25, 0.3) is 11.0 Å². The van der Waals surface area contributed by atoms with Gasteiger partial charge in [-0.3, -0.25) is 14.4 Å². The van der Waals surface area contributed by atoms with Crippen molar-refractivity contribution in [2.24, 2.45) is 7.05 Å². The third-order valence-corrected chi connectivity index (χ3v) is 8.31. The summed E-state index contributed by atoms with van der Waals surface area (Å²) in [6, 6.07) is 14.4. The summed E-state index contributed by atoms with van der Waals surface area (Å²) in [7, 11) is 1.66. The van der Waals surface area contributed by atoms with E-state index in [4.69, 9.17) is 0 Å². The molecular formula is C29H35F2N7O. The number of nitrogens with zero attached hydrogens (tertiary/aromatic N) is 7. The van der Waals surface area contributed by atoms with Gasteiger partial charge in [0.2, 0.25) is 0 Å². The lowest BCUT2D eigenvalue weighted by Crippen LogP contribution is -2.57. The Bertz CT molecular complexity index is 1440. The van der Waals surface area contributed by atoms with Crippen molar-refractivity contribution in [3.05, 3.63) is 63.7 Å². The van der Waals surface area contributed by atoms with Gasteiger partial charge in [-0.25, -0.2) is 18.6 Å². The molecule has 206 valence electrons. The van der Waals surface area contributed by atoms with E-state index in [0.717, 1.165) is 12.1 Å². The Hall–Kier alpha value is -3.42. The van der Waals surface area contributed by atoms with Crippen LogP contribution in [0.3, 0.4) is 0 Å². The standard InChI is InChI=1S/C29H35F2N7O/c1-19-17-38(27-26-25(35(4)28(39)34-27)10-9-24(15-32)33-26)20(2)16-37(19)21(3)23-7-5-22(6-8-23)18-36-13-11-29(30,31)12-14-36/h5-10,19-21H,11-14,16-18H2,1-4H3/t19-,20+,21?/m1/s1. The molecule has 0 bridgehead atoms. The number of nitriles is 1. The second-order valence-corrected chi connectivity index (χ2v) is 11.0. The predicted octanol–water partition coefficient (Wildman–Crippen LogP) is 4.09. The van der Waals surface area contributed by atoms with Gasteiger partial charge in [-0.15, -0.1) is 0 Å². The first kappa shape index (κ1) is 27.2. The number of rotatable bonds is 5. The third kappa shape index (κ3) is 5.52. The van der Waals surface area contributed by atoms with Crippen molar-refractivity contribution in [1.82, 2.24) is 24.3 Å². The Morgan fingerprint density at radius 1 is 1.05 bits per heavy atom. The van der Waals surface area contributed by atoms with E-state index in [1.165, 1.54) is 10.1 Å². The first-order chi connectivity index (χ1) is 18.6. The number of anilines is 1. The summed E-state index contributed by atoms with van der Waals surface area (Å²) in [6.07, 6.45) is -0.134. The van der Waals surface area contributed by atoms with E-state index in [0.29, 0.717) is 48.7 Å². The molecule has 5 rings (SSSR count). The Morgan fingerprint density at radius 2 is 1.74 bits per heavy atom. The lowest BCUT2D eigenvalue weighted by Gasteiger charge is -2.47. The zero-order chi connectivity index (χ0) is 27.9. The number of benzene rings is 1. The summed E-state index contributed by atoms with van der Waals surface area (Å²) in [6.45, 7) is 9.47. The average Bonchev–Trinajstić information content (AvgIpc) is 2.92. The van der Waals surface area contributed by atoms with Gasteiger partial charge in [-0.1, -0.05) is 24.3 Å². The predicted molar refractivity (Wildman–Crippen MR) is 147 cm³/mol. The van der Waals surface area contributed by atoms with Gasteiger partial charge in [-0.2, -0.15) is 10.2 Å². The number of piperidine rings is 1. The minimum absolute atomic E-state index is 0.0653. The third-order valence-electron chi connectivity index (χ3n) is 8.31. The number of pyridine rings is 1. The molecule has 3 atom stereocenters. The van der Waals surface area contributed by atoms with Crippen molar-refractivity contribution in [3.63, 3.8) is 0 Å². The minimum atomic E-state index is -2.53. The van der Waals surface area contributed by atoms with Crippen molar-refractivity contribution in [3.8, 4) is 6.07 Å². The monoisotopic (exact) mass is 535 g/mol. The van der Waals surface area contributed by atoms with E-state index in [1.807, 2.05) is 0 Å². The van der Waals surface area contributed by atoms with E-state index in [-0.39, 0.29) is 36.7 Å². The first-order valence-electron chi connectivity index (χ1n) is 13.6. The molecule has 2 saturated heterocycles. The van der Waals surface area contributed by atoms with Gasteiger partial charge >= 0.3 is 5.69 Å². The fourth-order valence-electron chi connectivity index (χ4n) is 5.85. The number of likely N-dealkylation sites (tertiary alicyclic amines) is 1. The van der Waals surface area contributed by atoms with Gasteiger partial charge in [0.15, 0.2) is 5.82 Å². The van der Waals surface area contributed by atoms with E-state index >= 15 is 0 Å². The molecule has 2 aromatic heterocycles. The maximum absolute atomic E-state index is 13.5. The molecule has 0 spiro atoms. The summed E-state index contributed by atoms with van der Waals surface area (Å²) < 4.78 is 28.4. The molecule has 39 heavy (non-hydrogen) atoms. The van der Waals surface area contributed by atoms with Crippen molar-refractivity contribution in [2.45, 2.75) is 64.2 Å². The van der Waals surface area contributed by atoms with Crippen LogP contribution in [0.15, 0.2) is 41.2 Å². The van der Waals surface area contributed by atoms with Crippen LogP contribution in [-0.2, 0) is 13.6 Å². The van der Waals surface area contributed by atoms with E-state index in [9.17, 15) is 18.8 Å². The number of fused-ring (bicyclic) bond motifs is 1. The first-order valence-corrected chi connectivity index (χ1v) is 13.6. The quantitative estimate of drug-likeness (QED) is 0.487. The molecule has 0 radical (unpaired) electrons. The topological polar surface area (TPSA) is 81.3 Å². The highest BCUT2D eigenvalue weighted by Crippen LogP contribution is 2.32. The lowest BCUT2D eigenvalue weighted by molar-refractivity contribution is -0.0566. The van der Waals surface area contributed by atoms with Crippen LogP contribution < -0.4 is 10.6 Å². The Balaban J connectivity index is 1.31. The fourth-order valence-corrected chi connectivity index (χ4v) is 5.85. The number of aryl methyl sites for hydroxylation is 1. The number of hydrogen-bond acceptors (Lipinski definition) is 7. The summed E-state index contributed by atoms with van der Waals surface area (Å²) in [5.41, 5.74) is 3.49. The summed E-state index contributed by atoms with van der Waals surface area (Å²) in [4.78, 5) is 28.2. The summed E-state index contributed by atoms with van der Waals surface area (Å²) >= 11 is 0. The number of halogens is 2. The second-order valence-electron chi connectivity index (χ2n) is 11.0. The van der Waals surface area contributed by atoms with Crippen molar-refractivity contribution < 1.29 is 8.78 Å². The highest BCUT2D eigenvalue weighted by atomic mass is 19.3. The van der Waals surface area contributed by atoms with Crippen molar-refractivity contribution in [2.75, 3.05) is 31.1 Å². The van der Waals surface area contributed by atoms with Crippen LogP contribution in [0, 0.1) is 11.3 Å². The van der Waals surface area contributed by atoms with Crippen molar-refractivity contribution in [1.29, 1.82) is 5.26 Å². The molecule has 2 fully saturated rings. The SMILES string of the molecule is CC(c1ccc(CN2CCC(F)(F)CC2)cc1)N1C[C@H](C)N(c2nc(=O)n(C)c3ccc(C#N)nc23)C[C@H]1C.